The molecule has 2 amide bonds. The van der Waals surface area contributed by atoms with E-state index in [-0.39, 0.29) is 51.4 Å². The first kappa shape index (κ1) is 26.5. The number of carbonyl (C=O) groups is 1. The molecule has 2 aromatic rings. The molecule has 5 rings (SSSR count). The van der Waals surface area contributed by atoms with Gasteiger partial charge in [-0.05, 0) is 41.8 Å². The van der Waals surface area contributed by atoms with Crippen LogP contribution in [0.4, 0.5) is 29.5 Å². The number of urea groups is 1. The maximum Gasteiger partial charge on any atom is 0.322 e. The van der Waals surface area contributed by atoms with Crippen LogP contribution in [0.2, 0.25) is 0 Å². The fraction of sp³-hybridized carbons (Fsp3) is 0.538. The smallest absolute Gasteiger partial charge is 0.322 e. The lowest BCUT2D eigenvalue weighted by Crippen LogP contribution is -2.48. The molecule has 4 heterocycles. The number of aromatic nitrogens is 1. The fourth-order valence-electron chi connectivity index (χ4n) is 5.18. The highest BCUT2D eigenvalue weighted by molar-refractivity contribution is 5.91. The van der Waals surface area contributed by atoms with Crippen LogP contribution in [0.15, 0.2) is 24.3 Å². The molecule has 3 aliphatic rings. The van der Waals surface area contributed by atoms with E-state index in [4.69, 9.17) is 14.2 Å². The quantitative estimate of drug-likeness (QED) is 0.584. The minimum atomic E-state index is -3.01. The topological polar surface area (TPSA) is 96.4 Å². The zero-order chi connectivity index (χ0) is 26.9. The van der Waals surface area contributed by atoms with Gasteiger partial charge in [-0.3, -0.25) is 0 Å². The fourth-order valence-corrected chi connectivity index (χ4v) is 5.18. The Morgan fingerprint density at radius 1 is 1.16 bits per heavy atom. The van der Waals surface area contributed by atoms with E-state index in [1.165, 1.54) is 17.0 Å². The number of pyridine rings is 1. The van der Waals surface area contributed by atoms with E-state index in [0.29, 0.717) is 54.7 Å². The van der Waals surface area contributed by atoms with Crippen molar-refractivity contribution in [2.24, 2.45) is 0 Å². The molecule has 0 radical (unpaired) electrons. The summed E-state index contributed by atoms with van der Waals surface area (Å²) in [5, 5.41) is 11.8. The molecule has 9 nitrogen and oxygen atoms in total. The summed E-state index contributed by atoms with van der Waals surface area (Å²) in [6.45, 7) is 3.78. The summed E-state index contributed by atoms with van der Waals surface area (Å²) in [7, 11) is 0. The second-order valence-corrected chi connectivity index (χ2v) is 9.77. The van der Waals surface area contributed by atoms with Crippen LogP contribution in [0.25, 0.3) is 11.1 Å². The Morgan fingerprint density at radius 3 is 2.66 bits per heavy atom. The van der Waals surface area contributed by atoms with Gasteiger partial charge in [0, 0.05) is 38.5 Å². The number of hydrogen-bond donors (Lipinski definition) is 2. The van der Waals surface area contributed by atoms with Crippen LogP contribution in [0.1, 0.15) is 18.4 Å². The predicted octanol–water partition coefficient (Wildman–Crippen LogP) is 3.44. The van der Waals surface area contributed by atoms with Crippen molar-refractivity contribution in [2.75, 3.05) is 69.4 Å². The van der Waals surface area contributed by atoms with Gasteiger partial charge in [0.1, 0.15) is 18.2 Å². The molecular weight excluding hydrogens is 505 g/mol. The van der Waals surface area contributed by atoms with E-state index in [0.717, 1.165) is 0 Å². The van der Waals surface area contributed by atoms with Gasteiger partial charge < -0.3 is 34.4 Å². The van der Waals surface area contributed by atoms with Gasteiger partial charge in [0.15, 0.2) is 5.60 Å². The van der Waals surface area contributed by atoms with Crippen molar-refractivity contribution in [3.05, 3.63) is 35.6 Å². The summed E-state index contributed by atoms with van der Waals surface area (Å²) in [4.78, 5) is 20.8. The van der Waals surface area contributed by atoms with E-state index in [9.17, 15) is 23.1 Å². The number of benzene rings is 1. The van der Waals surface area contributed by atoms with Gasteiger partial charge in [-0.25, -0.2) is 18.0 Å². The number of ether oxygens (including phenoxy) is 3. The number of hydrogen-bond acceptors (Lipinski definition) is 7. The number of likely N-dealkylation sites (tertiary alicyclic amines) is 1. The molecule has 3 fully saturated rings. The predicted molar refractivity (Wildman–Crippen MR) is 133 cm³/mol. The van der Waals surface area contributed by atoms with Gasteiger partial charge in [-0.1, -0.05) is 0 Å². The molecule has 0 aliphatic carbocycles. The number of aliphatic hydroxyl groups excluding tert-OH is 1. The Hall–Kier alpha value is -3.09. The highest BCUT2D eigenvalue weighted by atomic mass is 19.3. The maximum atomic E-state index is 15.0. The number of alkyl halides is 2. The molecule has 2 N–H and O–H groups in total. The molecule has 1 atom stereocenters. The zero-order valence-electron chi connectivity index (χ0n) is 21.1. The van der Waals surface area contributed by atoms with E-state index in [1.807, 2.05) is 11.0 Å². The van der Waals surface area contributed by atoms with Crippen molar-refractivity contribution in [2.45, 2.75) is 31.3 Å². The first-order chi connectivity index (χ1) is 18.2. The number of aryl methyl sites for hydroxylation is 1. The molecule has 1 aromatic heterocycles. The number of anilines is 2. The third kappa shape index (κ3) is 5.12. The molecule has 1 aromatic carbocycles. The van der Waals surface area contributed by atoms with Crippen molar-refractivity contribution >= 4 is 17.5 Å². The van der Waals surface area contributed by atoms with Crippen molar-refractivity contribution in [3.8, 4) is 17.0 Å². The molecule has 38 heavy (non-hydrogen) atoms. The number of halogens is 3. The normalized spacial score (nSPS) is 22.8. The second kappa shape index (κ2) is 10.6. The Balaban J connectivity index is 1.41. The SMILES string of the molecule is Cc1cc(F)c(NC(=O)N2CCC3(C2)OCCC3(F)F)cc1-c1cc(OCCO)nc(N2CCOCC2)c1. The molecule has 12 heteroatoms. The van der Waals surface area contributed by atoms with Crippen LogP contribution in [-0.4, -0.2) is 91.8 Å². The lowest BCUT2D eigenvalue weighted by Gasteiger charge is -2.29. The Labute approximate surface area is 218 Å². The van der Waals surface area contributed by atoms with Crippen LogP contribution in [0.5, 0.6) is 5.88 Å². The summed E-state index contributed by atoms with van der Waals surface area (Å²) in [6, 6.07) is 5.71. The highest BCUT2D eigenvalue weighted by Crippen LogP contribution is 2.46. The number of morpholine rings is 1. The largest absolute Gasteiger partial charge is 0.475 e. The van der Waals surface area contributed by atoms with Crippen molar-refractivity contribution in [1.29, 1.82) is 0 Å². The molecule has 3 saturated heterocycles. The van der Waals surface area contributed by atoms with Gasteiger partial charge in [0.25, 0.3) is 5.92 Å². The minimum Gasteiger partial charge on any atom is -0.475 e. The third-order valence-electron chi connectivity index (χ3n) is 7.31. The first-order valence-electron chi connectivity index (χ1n) is 12.7. The van der Waals surface area contributed by atoms with Crippen LogP contribution in [0, 0.1) is 12.7 Å². The Kier molecular flexibility index (Phi) is 7.38. The van der Waals surface area contributed by atoms with Gasteiger partial charge in [0.2, 0.25) is 5.88 Å². The minimum absolute atomic E-state index is 0.0208. The highest BCUT2D eigenvalue weighted by Gasteiger charge is 2.62. The maximum absolute atomic E-state index is 15.0. The standard InChI is InChI=1S/C26H31F3N4O5/c1-17-12-20(27)21(30-24(35)33-4-2-25(16-33)26(28,29)3-8-38-25)15-19(17)18-13-22(32-5-9-36-10-6-32)31-23(14-18)37-11-7-34/h12-15,34H,2-11,16H2,1H3,(H,30,35). The summed E-state index contributed by atoms with van der Waals surface area (Å²) in [6.07, 6.45) is -0.353. The number of nitrogens with zero attached hydrogens (tertiary/aromatic N) is 3. The second-order valence-electron chi connectivity index (χ2n) is 9.77. The van der Waals surface area contributed by atoms with Crippen LogP contribution < -0.4 is 15.0 Å². The molecule has 0 saturated carbocycles. The summed E-state index contributed by atoms with van der Waals surface area (Å²) in [5.41, 5.74) is 0.182. The van der Waals surface area contributed by atoms with Crippen LogP contribution in [-0.2, 0) is 9.47 Å². The average molecular weight is 537 g/mol. The summed E-state index contributed by atoms with van der Waals surface area (Å²) in [5.74, 6) is -2.71. The van der Waals surface area contributed by atoms with E-state index in [1.54, 1.807) is 13.0 Å². The number of amides is 2. The van der Waals surface area contributed by atoms with Crippen molar-refractivity contribution in [1.82, 2.24) is 9.88 Å². The number of aliphatic hydroxyl groups is 1. The molecular formula is C26H31F3N4O5. The monoisotopic (exact) mass is 536 g/mol. The average Bonchev–Trinajstić information content (AvgIpc) is 3.47. The van der Waals surface area contributed by atoms with Gasteiger partial charge in [0.05, 0.1) is 38.7 Å². The molecule has 3 aliphatic heterocycles. The van der Waals surface area contributed by atoms with Crippen LogP contribution in [0.3, 0.4) is 0 Å². The third-order valence-corrected chi connectivity index (χ3v) is 7.31. The molecule has 206 valence electrons. The van der Waals surface area contributed by atoms with Crippen molar-refractivity contribution in [3.63, 3.8) is 0 Å². The van der Waals surface area contributed by atoms with E-state index in [2.05, 4.69) is 10.3 Å². The lowest BCUT2D eigenvalue weighted by molar-refractivity contribution is -0.137. The summed E-state index contributed by atoms with van der Waals surface area (Å²) >= 11 is 0. The van der Waals surface area contributed by atoms with Gasteiger partial charge in [-0.15, -0.1) is 0 Å². The Bertz CT molecular complexity index is 1190. The Morgan fingerprint density at radius 2 is 1.95 bits per heavy atom. The number of carbonyl (C=O) groups excluding carboxylic acids is 1. The van der Waals surface area contributed by atoms with Gasteiger partial charge >= 0.3 is 6.03 Å². The van der Waals surface area contributed by atoms with Crippen LogP contribution >= 0.6 is 0 Å². The van der Waals surface area contributed by atoms with Gasteiger partial charge in [-0.2, -0.15) is 4.98 Å². The molecule has 1 unspecified atom stereocenters. The first-order valence-corrected chi connectivity index (χ1v) is 12.7. The molecule has 1 spiro atoms. The van der Waals surface area contributed by atoms with Crippen molar-refractivity contribution < 1.29 is 37.3 Å². The molecule has 0 bridgehead atoms. The number of rotatable bonds is 6. The zero-order valence-corrected chi connectivity index (χ0v) is 21.1. The van der Waals surface area contributed by atoms with E-state index < -0.39 is 23.4 Å². The lowest BCUT2D eigenvalue weighted by atomic mass is 9.95. The summed E-state index contributed by atoms with van der Waals surface area (Å²) < 4.78 is 60.2. The number of nitrogens with one attached hydrogen (secondary N) is 1. The van der Waals surface area contributed by atoms with E-state index >= 15 is 0 Å².